The van der Waals surface area contributed by atoms with Gasteiger partial charge < -0.3 is 14.4 Å². The summed E-state index contributed by atoms with van der Waals surface area (Å²) in [5.41, 5.74) is 0. The molecule has 8 nitrogen and oxygen atoms in total. The Kier molecular flexibility index (Phi) is 6.37. The van der Waals surface area contributed by atoms with Gasteiger partial charge in [0.15, 0.2) is 6.61 Å². The van der Waals surface area contributed by atoms with E-state index in [2.05, 4.69) is 0 Å². The highest BCUT2D eigenvalue weighted by molar-refractivity contribution is 7.89. The van der Waals surface area contributed by atoms with Crippen molar-refractivity contribution in [3.8, 4) is 0 Å². The number of esters is 1. The van der Waals surface area contributed by atoms with Crippen LogP contribution in [0.4, 0.5) is 0 Å². The van der Waals surface area contributed by atoms with E-state index < -0.39 is 16.0 Å². The summed E-state index contributed by atoms with van der Waals surface area (Å²) >= 11 is 0. The lowest BCUT2D eigenvalue weighted by molar-refractivity contribution is -0.157. The number of nitrogens with zero attached hydrogens (tertiary/aromatic N) is 2. The Morgan fingerprint density at radius 1 is 1.13 bits per heavy atom. The molecule has 9 heteroatoms. The van der Waals surface area contributed by atoms with Crippen LogP contribution in [0.3, 0.4) is 0 Å². The lowest BCUT2D eigenvalue weighted by Crippen LogP contribution is -2.44. The maximum absolute atomic E-state index is 12.0. The van der Waals surface area contributed by atoms with Gasteiger partial charge in [0.2, 0.25) is 10.0 Å². The standard InChI is InChI=1S/C14H24N2O6S/c1-2-23(19,20)16-5-3-12(4-6-16)14(18)22-11-13(17)15-7-9-21-10-8-15/h12H,2-11H2,1H3. The zero-order valence-electron chi connectivity index (χ0n) is 13.4. The van der Waals surface area contributed by atoms with E-state index >= 15 is 0 Å². The number of sulfonamides is 1. The fourth-order valence-corrected chi connectivity index (χ4v) is 3.84. The van der Waals surface area contributed by atoms with Gasteiger partial charge in [0, 0.05) is 26.2 Å². The first-order valence-corrected chi connectivity index (χ1v) is 9.55. The molecule has 2 heterocycles. The van der Waals surface area contributed by atoms with Crippen LogP contribution in [0.1, 0.15) is 19.8 Å². The van der Waals surface area contributed by atoms with Crippen molar-refractivity contribution in [2.24, 2.45) is 5.92 Å². The summed E-state index contributed by atoms with van der Waals surface area (Å²) in [6, 6.07) is 0. The molecule has 0 unspecified atom stereocenters. The van der Waals surface area contributed by atoms with E-state index in [-0.39, 0.29) is 24.2 Å². The van der Waals surface area contributed by atoms with E-state index in [9.17, 15) is 18.0 Å². The summed E-state index contributed by atoms with van der Waals surface area (Å²) in [6.45, 7) is 4.04. The first kappa shape index (κ1) is 18.2. The molecule has 0 aromatic heterocycles. The second-order valence-corrected chi connectivity index (χ2v) is 7.93. The molecule has 2 rings (SSSR count). The van der Waals surface area contributed by atoms with Crippen LogP contribution in [-0.2, 0) is 29.1 Å². The molecule has 0 saturated carbocycles. The average Bonchev–Trinajstić information content (AvgIpc) is 2.60. The van der Waals surface area contributed by atoms with E-state index in [0.717, 1.165) is 0 Å². The highest BCUT2D eigenvalue weighted by Crippen LogP contribution is 2.21. The van der Waals surface area contributed by atoms with E-state index in [1.165, 1.54) is 4.31 Å². The smallest absolute Gasteiger partial charge is 0.309 e. The molecule has 2 saturated heterocycles. The lowest BCUT2D eigenvalue weighted by atomic mass is 9.98. The van der Waals surface area contributed by atoms with Crippen molar-refractivity contribution in [3.05, 3.63) is 0 Å². The Bertz CT molecular complexity index is 521. The third-order valence-electron chi connectivity index (χ3n) is 4.25. The first-order chi connectivity index (χ1) is 10.9. The molecule has 0 spiro atoms. The SMILES string of the molecule is CCS(=O)(=O)N1CCC(C(=O)OCC(=O)N2CCOCC2)CC1. The number of carbonyl (C=O) groups excluding carboxylic acids is 2. The van der Waals surface area contributed by atoms with E-state index in [1.54, 1.807) is 11.8 Å². The summed E-state index contributed by atoms with van der Waals surface area (Å²) in [5, 5.41) is 0. The molecule has 0 aromatic carbocycles. The van der Waals surface area contributed by atoms with E-state index in [4.69, 9.17) is 9.47 Å². The zero-order valence-corrected chi connectivity index (χ0v) is 14.2. The number of hydrogen-bond acceptors (Lipinski definition) is 6. The highest BCUT2D eigenvalue weighted by Gasteiger charge is 2.31. The molecule has 0 radical (unpaired) electrons. The second kappa shape index (κ2) is 8.07. The Hall–Kier alpha value is -1.19. The molecule has 0 atom stereocenters. The topological polar surface area (TPSA) is 93.2 Å². The molecule has 0 N–H and O–H groups in total. The van der Waals surface area contributed by atoms with Gasteiger partial charge in [-0.2, -0.15) is 0 Å². The van der Waals surface area contributed by atoms with Crippen LogP contribution >= 0.6 is 0 Å². The molecule has 2 aliphatic rings. The molecule has 132 valence electrons. The Balaban J connectivity index is 1.73. The number of morpholine rings is 1. The molecule has 2 aliphatic heterocycles. The summed E-state index contributed by atoms with van der Waals surface area (Å²) < 4.78 is 35.2. The molecule has 0 aromatic rings. The maximum Gasteiger partial charge on any atom is 0.309 e. The number of amides is 1. The van der Waals surface area contributed by atoms with Gasteiger partial charge >= 0.3 is 5.97 Å². The number of carbonyl (C=O) groups is 2. The van der Waals surface area contributed by atoms with Crippen molar-refractivity contribution in [1.29, 1.82) is 0 Å². The molecule has 1 amide bonds. The Morgan fingerprint density at radius 3 is 2.30 bits per heavy atom. The second-order valence-electron chi connectivity index (χ2n) is 5.67. The average molecular weight is 348 g/mol. The molecular formula is C14H24N2O6S. The van der Waals surface area contributed by atoms with Gasteiger partial charge in [0.1, 0.15) is 0 Å². The van der Waals surface area contributed by atoms with Crippen molar-refractivity contribution in [2.75, 3.05) is 51.8 Å². The summed E-state index contributed by atoms with van der Waals surface area (Å²) in [4.78, 5) is 25.6. The predicted molar refractivity (Wildman–Crippen MR) is 82.1 cm³/mol. The largest absolute Gasteiger partial charge is 0.455 e. The van der Waals surface area contributed by atoms with Gasteiger partial charge in [0.05, 0.1) is 24.9 Å². The summed E-state index contributed by atoms with van der Waals surface area (Å²) in [7, 11) is -3.20. The number of piperidine rings is 1. The minimum absolute atomic E-state index is 0.0656. The van der Waals surface area contributed by atoms with Crippen molar-refractivity contribution in [1.82, 2.24) is 9.21 Å². The molecule has 23 heavy (non-hydrogen) atoms. The van der Waals surface area contributed by atoms with Gasteiger partial charge in [-0.05, 0) is 19.8 Å². The van der Waals surface area contributed by atoms with Crippen molar-refractivity contribution < 1.29 is 27.5 Å². The lowest BCUT2D eigenvalue weighted by Gasteiger charge is -2.30. The summed E-state index contributed by atoms with van der Waals surface area (Å²) in [6.07, 6.45) is 0.869. The van der Waals surface area contributed by atoms with Crippen molar-refractivity contribution >= 4 is 21.9 Å². The van der Waals surface area contributed by atoms with Crippen LogP contribution in [0, 0.1) is 5.92 Å². The number of rotatable bonds is 5. The monoisotopic (exact) mass is 348 g/mol. The highest BCUT2D eigenvalue weighted by atomic mass is 32.2. The van der Waals surface area contributed by atoms with Crippen molar-refractivity contribution in [3.63, 3.8) is 0 Å². The third-order valence-corrected chi connectivity index (χ3v) is 6.13. The quantitative estimate of drug-likeness (QED) is 0.619. The normalized spacial score (nSPS) is 21.2. The van der Waals surface area contributed by atoms with Gasteiger partial charge in [0.25, 0.3) is 5.91 Å². The fourth-order valence-electron chi connectivity index (χ4n) is 2.71. The third kappa shape index (κ3) is 4.89. The Morgan fingerprint density at radius 2 is 1.74 bits per heavy atom. The van der Waals surface area contributed by atoms with Crippen LogP contribution in [0.15, 0.2) is 0 Å². The summed E-state index contributed by atoms with van der Waals surface area (Å²) in [5.74, 6) is -0.903. The van der Waals surface area contributed by atoms with Gasteiger partial charge in [-0.3, -0.25) is 9.59 Å². The zero-order chi connectivity index (χ0) is 16.9. The number of hydrogen-bond donors (Lipinski definition) is 0. The fraction of sp³-hybridized carbons (Fsp3) is 0.857. The molecular weight excluding hydrogens is 324 g/mol. The first-order valence-electron chi connectivity index (χ1n) is 7.94. The molecule has 0 aliphatic carbocycles. The minimum Gasteiger partial charge on any atom is -0.455 e. The molecule has 0 bridgehead atoms. The van der Waals surface area contributed by atoms with Crippen LogP contribution in [0.2, 0.25) is 0 Å². The number of ether oxygens (including phenoxy) is 2. The maximum atomic E-state index is 12.0. The molecule has 2 fully saturated rings. The van der Waals surface area contributed by atoms with Gasteiger partial charge in [-0.1, -0.05) is 0 Å². The van der Waals surface area contributed by atoms with E-state index in [0.29, 0.717) is 52.2 Å². The van der Waals surface area contributed by atoms with Crippen LogP contribution in [-0.4, -0.2) is 81.3 Å². The van der Waals surface area contributed by atoms with Crippen LogP contribution in [0.5, 0.6) is 0 Å². The Labute approximate surface area is 136 Å². The predicted octanol–water partition coefficient (Wildman–Crippen LogP) is -0.550. The van der Waals surface area contributed by atoms with Crippen LogP contribution in [0.25, 0.3) is 0 Å². The van der Waals surface area contributed by atoms with Crippen molar-refractivity contribution in [2.45, 2.75) is 19.8 Å². The van der Waals surface area contributed by atoms with Gasteiger partial charge in [-0.25, -0.2) is 12.7 Å². The van der Waals surface area contributed by atoms with Gasteiger partial charge in [-0.15, -0.1) is 0 Å². The minimum atomic E-state index is -3.20. The van der Waals surface area contributed by atoms with Crippen LogP contribution < -0.4 is 0 Å². The van der Waals surface area contributed by atoms with E-state index in [1.807, 2.05) is 0 Å².